The number of ether oxygens (including phenoxy) is 2. The Morgan fingerprint density at radius 2 is 1.64 bits per heavy atom. The lowest BCUT2D eigenvalue weighted by molar-refractivity contribution is 0.0595. The maximum atomic E-state index is 10.4. The van der Waals surface area contributed by atoms with Gasteiger partial charge < -0.3 is 14.6 Å². The smallest absolute Gasteiger partial charge is 0.162 e. The van der Waals surface area contributed by atoms with Gasteiger partial charge in [-0.25, -0.2) is 0 Å². The van der Waals surface area contributed by atoms with Crippen LogP contribution in [0.3, 0.4) is 0 Å². The van der Waals surface area contributed by atoms with Crippen molar-refractivity contribution in [3.05, 3.63) is 94.5 Å². The van der Waals surface area contributed by atoms with E-state index in [0.29, 0.717) is 11.7 Å². The summed E-state index contributed by atoms with van der Waals surface area (Å²) >= 11 is 6.09. The van der Waals surface area contributed by atoms with Crippen molar-refractivity contribution in [3.8, 4) is 11.5 Å². The minimum Gasteiger partial charge on any atom is -0.504 e. The van der Waals surface area contributed by atoms with Gasteiger partial charge in [0.25, 0.3) is 0 Å². The number of para-hydroxylation sites is 1. The van der Waals surface area contributed by atoms with Crippen LogP contribution in [0.2, 0.25) is 5.02 Å². The molecular weight excluding hydrogens is 434 g/mol. The van der Waals surface area contributed by atoms with Crippen molar-refractivity contribution >= 4 is 11.6 Å². The fourth-order valence-electron chi connectivity index (χ4n) is 4.54. The molecule has 0 bridgehead atoms. The summed E-state index contributed by atoms with van der Waals surface area (Å²) in [6.45, 7) is 3.53. The fraction of sp³-hybridized carbons (Fsp3) is 0.357. The highest BCUT2D eigenvalue weighted by atomic mass is 35.5. The maximum Gasteiger partial charge on any atom is 0.162 e. The summed E-state index contributed by atoms with van der Waals surface area (Å²) in [5.41, 5.74) is 3.20. The zero-order valence-corrected chi connectivity index (χ0v) is 19.9. The molecule has 3 aromatic carbocycles. The van der Waals surface area contributed by atoms with Crippen molar-refractivity contribution in [1.29, 1.82) is 0 Å². The number of aromatic hydroxyl groups is 1. The zero-order valence-electron chi connectivity index (χ0n) is 19.1. The molecule has 1 fully saturated rings. The molecule has 1 aliphatic rings. The van der Waals surface area contributed by atoms with Crippen LogP contribution in [0.1, 0.15) is 42.1 Å². The molecule has 1 saturated heterocycles. The summed E-state index contributed by atoms with van der Waals surface area (Å²) < 4.78 is 11.7. The van der Waals surface area contributed by atoms with Gasteiger partial charge in [-0.2, -0.15) is 0 Å². The molecule has 0 spiro atoms. The lowest BCUT2D eigenvalue weighted by Gasteiger charge is -2.32. The van der Waals surface area contributed by atoms with Crippen molar-refractivity contribution in [1.82, 2.24) is 4.90 Å². The van der Waals surface area contributed by atoms with Crippen LogP contribution < -0.4 is 4.74 Å². The van der Waals surface area contributed by atoms with E-state index in [4.69, 9.17) is 21.1 Å². The SMILES string of the molecule is COc1cccc(CN2CCC(CCOC(c3ccccc3)c3ccc(Cl)cc3)CC2)c1O. The van der Waals surface area contributed by atoms with Crippen LogP contribution in [0.4, 0.5) is 0 Å². The molecule has 174 valence electrons. The number of halogens is 1. The number of phenols is 1. The summed E-state index contributed by atoms with van der Waals surface area (Å²) in [4.78, 5) is 2.41. The molecule has 0 radical (unpaired) electrons. The van der Waals surface area contributed by atoms with Crippen LogP contribution in [0, 0.1) is 5.92 Å². The van der Waals surface area contributed by atoms with E-state index in [0.717, 1.165) is 67.2 Å². The van der Waals surface area contributed by atoms with Crippen molar-refractivity contribution in [3.63, 3.8) is 0 Å². The predicted molar refractivity (Wildman–Crippen MR) is 133 cm³/mol. The van der Waals surface area contributed by atoms with Gasteiger partial charge in [-0.1, -0.05) is 66.2 Å². The third-order valence-electron chi connectivity index (χ3n) is 6.49. The minimum atomic E-state index is -0.0837. The Kier molecular flexibility index (Phi) is 8.27. The molecule has 1 N–H and O–H groups in total. The monoisotopic (exact) mass is 465 g/mol. The third kappa shape index (κ3) is 6.29. The Labute approximate surface area is 201 Å². The Balaban J connectivity index is 1.28. The van der Waals surface area contributed by atoms with Crippen molar-refractivity contribution in [2.75, 3.05) is 26.8 Å². The molecule has 33 heavy (non-hydrogen) atoms. The highest BCUT2D eigenvalue weighted by Gasteiger charge is 2.22. The second-order valence-corrected chi connectivity index (χ2v) is 9.13. The highest BCUT2D eigenvalue weighted by molar-refractivity contribution is 6.30. The Morgan fingerprint density at radius 3 is 2.33 bits per heavy atom. The summed E-state index contributed by atoms with van der Waals surface area (Å²) in [6.07, 6.45) is 3.25. The molecule has 4 nitrogen and oxygen atoms in total. The van der Waals surface area contributed by atoms with E-state index in [1.54, 1.807) is 13.2 Å². The number of rotatable bonds is 9. The molecule has 1 atom stereocenters. The second-order valence-electron chi connectivity index (χ2n) is 8.69. The number of hydrogen-bond donors (Lipinski definition) is 1. The van der Waals surface area contributed by atoms with Gasteiger partial charge >= 0.3 is 0 Å². The number of nitrogens with zero attached hydrogens (tertiary/aromatic N) is 1. The normalized spacial score (nSPS) is 15.9. The lowest BCUT2D eigenvalue weighted by atomic mass is 9.93. The van der Waals surface area contributed by atoms with Crippen LogP contribution >= 0.6 is 11.6 Å². The minimum absolute atomic E-state index is 0.0837. The predicted octanol–water partition coefficient (Wildman–Crippen LogP) is 6.46. The van der Waals surface area contributed by atoms with Crippen molar-refractivity contribution < 1.29 is 14.6 Å². The topological polar surface area (TPSA) is 41.9 Å². The molecule has 5 heteroatoms. The summed E-state index contributed by atoms with van der Waals surface area (Å²) in [6, 6.07) is 24.0. The van der Waals surface area contributed by atoms with E-state index in [9.17, 15) is 5.11 Å². The van der Waals surface area contributed by atoms with Crippen LogP contribution in [0.5, 0.6) is 11.5 Å². The molecule has 0 amide bonds. The Morgan fingerprint density at radius 1 is 0.939 bits per heavy atom. The molecule has 3 aromatic rings. The Hall–Kier alpha value is -2.53. The fourth-order valence-corrected chi connectivity index (χ4v) is 4.66. The zero-order chi connectivity index (χ0) is 23.0. The van der Waals surface area contributed by atoms with Gasteiger partial charge in [-0.05, 0) is 67.6 Å². The first-order valence-corrected chi connectivity index (χ1v) is 12.0. The standard InChI is InChI=1S/C28H32ClNO3/c1-32-26-9-5-8-24(27(26)31)20-30-17-14-21(15-18-30)16-19-33-28(22-6-3-2-4-7-22)23-10-12-25(29)13-11-23/h2-13,21,28,31H,14-20H2,1H3. The van der Waals surface area contributed by atoms with Crippen LogP contribution in [0.15, 0.2) is 72.8 Å². The van der Waals surface area contributed by atoms with Gasteiger partial charge in [0.15, 0.2) is 11.5 Å². The molecule has 0 saturated carbocycles. The van der Waals surface area contributed by atoms with Gasteiger partial charge in [-0.3, -0.25) is 4.90 Å². The number of phenolic OH excluding ortho intramolecular Hbond substituents is 1. The van der Waals surface area contributed by atoms with Gasteiger partial charge in [0.2, 0.25) is 0 Å². The van der Waals surface area contributed by atoms with Gasteiger partial charge in [-0.15, -0.1) is 0 Å². The summed E-state index contributed by atoms with van der Waals surface area (Å²) in [7, 11) is 1.59. The van der Waals surface area contributed by atoms with Crippen LogP contribution in [-0.4, -0.2) is 36.8 Å². The average Bonchev–Trinajstić information content (AvgIpc) is 2.85. The van der Waals surface area contributed by atoms with E-state index < -0.39 is 0 Å². The maximum absolute atomic E-state index is 10.4. The molecule has 1 heterocycles. The molecule has 1 aliphatic heterocycles. The van der Waals surface area contributed by atoms with E-state index in [-0.39, 0.29) is 11.9 Å². The van der Waals surface area contributed by atoms with E-state index >= 15 is 0 Å². The first kappa shape index (κ1) is 23.6. The van der Waals surface area contributed by atoms with Crippen LogP contribution in [0.25, 0.3) is 0 Å². The summed E-state index contributed by atoms with van der Waals surface area (Å²) in [5, 5.41) is 11.1. The summed E-state index contributed by atoms with van der Waals surface area (Å²) in [5.74, 6) is 1.44. The molecule has 4 rings (SSSR count). The quantitative estimate of drug-likeness (QED) is 0.393. The van der Waals surface area contributed by atoms with Crippen LogP contribution in [-0.2, 0) is 11.3 Å². The molecular formula is C28H32ClNO3. The first-order chi connectivity index (χ1) is 16.1. The molecule has 1 unspecified atom stereocenters. The van der Waals surface area contributed by atoms with Gasteiger partial charge in [0, 0.05) is 23.7 Å². The number of methoxy groups -OCH3 is 1. The molecule has 0 aromatic heterocycles. The van der Waals surface area contributed by atoms with Gasteiger partial charge in [0.1, 0.15) is 6.10 Å². The van der Waals surface area contributed by atoms with E-state index in [1.165, 1.54) is 0 Å². The second kappa shape index (κ2) is 11.6. The highest BCUT2D eigenvalue weighted by Crippen LogP contribution is 2.32. The van der Waals surface area contributed by atoms with Gasteiger partial charge in [0.05, 0.1) is 7.11 Å². The molecule has 0 aliphatic carbocycles. The van der Waals surface area contributed by atoms with E-state index in [2.05, 4.69) is 29.2 Å². The van der Waals surface area contributed by atoms with Crippen molar-refractivity contribution in [2.45, 2.75) is 31.9 Å². The van der Waals surface area contributed by atoms with E-state index in [1.807, 2.05) is 42.5 Å². The number of piperidine rings is 1. The Bertz CT molecular complexity index is 1000. The number of hydrogen-bond acceptors (Lipinski definition) is 4. The third-order valence-corrected chi connectivity index (χ3v) is 6.74. The number of likely N-dealkylation sites (tertiary alicyclic amines) is 1. The number of benzene rings is 3. The lowest BCUT2D eigenvalue weighted by Crippen LogP contribution is -2.33. The van der Waals surface area contributed by atoms with Crippen molar-refractivity contribution in [2.24, 2.45) is 5.92 Å². The largest absolute Gasteiger partial charge is 0.504 e. The first-order valence-electron chi connectivity index (χ1n) is 11.6. The average molecular weight is 466 g/mol.